The molecule has 3 aromatic rings. The molecule has 2 heterocycles. The van der Waals surface area contributed by atoms with Gasteiger partial charge < -0.3 is 9.84 Å². The van der Waals surface area contributed by atoms with Crippen LogP contribution in [-0.4, -0.2) is 33.6 Å². The third-order valence-electron chi connectivity index (χ3n) is 5.25. The highest BCUT2D eigenvalue weighted by molar-refractivity contribution is 7.15. The Hall–Kier alpha value is -3.23. The van der Waals surface area contributed by atoms with Gasteiger partial charge in [0, 0.05) is 10.6 Å². The van der Waals surface area contributed by atoms with Crippen LogP contribution >= 0.6 is 22.9 Å². The van der Waals surface area contributed by atoms with Gasteiger partial charge in [-0.2, -0.15) is 0 Å². The van der Waals surface area contributed by atoms with Crippen LogP contribution in [0.5, 0.6) is 5.75 Å². The minimum atomic E-state index is -0.866. The molecule has 33 heavy (non-hydrogen) atoms. The summed E-state index contributed by atoms with van der Waals surface area (Å²) >= 11 is 7.24. The number of hydrogen-bond acceptors (Lipinski definition) is 7. The molecule has 1 aromatic heterocycles. The van der Waals surface area contributed by atoms with Gasteiger partial charge in [-0.15, -0.1) is 10.2 Å². The number of ketones is 1. The maximum atomic E-state index is 13.1. The highest BCUT2D eigenvalue weighted by atomic mass is 35.5. The number of halogens is 1. The van der Waals surface area contributed by atoms with Crippen molar-refractivity contribution in [1.29, 1.82) is 0 Å². The van der Waals surface area contributed by atoms with Gasteiger partial charge in [0.15, 0.2) is 0 Å². The summed E-state index contributed by atoms with van der Waals surface area (Å²) in [6.45, 7) is 4.45. The number of aliphatic hydroxyl groups excluding tert-OH is 1. The van der Waals surface area contributed by atoms with Crippen molar-refractivity contribution >= 4 is 45.5 Å². The lowest BCUT2D eigenvalue weighted by Crippen LogP contribution is -2.29. The van der Waals surface area contributed by atoms with E-state index in [0.29, 0.717) is 33.5 Å². The summed E-state index contributed by atoms with van der Waals surface area (Å²) in [6.07, 6.45) is 1.97. The van der Waals surface area contributed by atoms with Crippen LogP contribution in [0.15, 0.2) is 54.1 Å². The van der Waals surface area contributed by atoms with E-state index in [4.69, 9.17) is 16.3 Å². The second kappa shape index (κ2) is 9.72. The van der Waals surface area contributed by atoms with Crippen molar-refractivity contribution < 1.29 is 19.4 Å². The number of aromatic nitrogens is 2. The third kappa shape index (κ3) is 4.62. The Morgan fingerprint density at radius 1 is 1.12 bits per heavy atom. The molecule has 9 heteroatoms. The summed E-state index contributed by atoms with van der Waals surface area (Å²) < 4.78 is 5.67. The van der Waals surface area contributed by atoms with E-state index in [-0.39, 0.29) is 16.5 Å². The van der Waals surface area contributed by atoms with E-state index in [1.807, 2.05) is 0 Å². The molecule has 0 saturated carbocycles. The first kappa shape index (κ1) is 22.9. The summed E-state index contributed by atoms with van der Waals surface area (Å²) in [5.41, 5.74) is 1.01. The number of aliphatic hydroxyl groups is 1. The summed E-state index contributed by atoms with van der Waals surface area (Å²) in [5, 5.41) is 20.6. The molecule has 170 valence electrons. The second-order valence-electron chi connectivity index (χ2n) is 7.55. The number of anilines is 1. The third-order valence-corrected chi connectivity index (χ3v) is 6.34. The van der Waals surface area contributed by atoms with E-state index in [9.17, 15) is 14.7 Å². The number of hydrogen-bond donors (Lipinski definition) is 1. The number of carbonyl (C=O) groups is 2. The quantitative estimate of drug-likeness (QED) is 0.212. The Balaban J connectivity index is 1.78. The highest BCUT2D eigenvalue weighted by Gasteiger charge is 2.48. The average Bonchev–Trinajstić information content (AvgIpc) is 3.35. The number of carbonyl (C=O) groups excluding carboxylic acids is 2. The first-order chi connectivity index (χ1) is 15.9. The number of ether oxygens (including phenoxy) is 1. The maximum Gasteiger partial charge on any atom is 0.301 e. The zero-order valence-electron chi connectivity index (χ0n) is 18.1. The van der Waals surface area contributed by atoms with Gasteiger partial charge in [-0.05, 0) is 55.3 Å². The Morgan fingerprint density at radius 2 is 1.82 bits per heavy atom. The van der Waals surface area contributed by atoms with Gasteiger partial charge in [0.2, 0.25) is 5.13 Å². The zero-order chi connectivity index (χ0) is 23.5. The van der Waals surface area contributed by atoms with Crippen molar-refractivity contribution in [3.63, 3.8) is 0 Å². The van der Waals surface area contributed by atoms with Gasteiger partial charge >= 0.3 is 5.91 Å². The lowest BCUT2D eigenvalue weighted by Gasteiger charge is -2.22. The fraction of sp³-hybridized carbons (Fsp3) is 0.250. The minimum Gasteiger partial charge on any atom is -0.507 e. The molecule has 1 aliphatic heterocycles. The predicted molar refractivity (Wildman–Crippen MR) is 128 cm³/mol. The van der Waals surface area contributed by atoms with Crippen LogP contribution in [0.2, 0.25) is 5.02 Å². The standard InChI is InChI=1S/C24H22ClN3O4S/c1-3-4-13-32-18-11-7-16(8-12-18)21(29)19-20(15-5-9-17(25)10-6-15)28(23(31)22(19)30)24-27-26-14(2)33-24/h5-12,20,29H,3-4,13H2,1-2H3/t20-/m1/s1. The fourth-order valence-electron chi connectivity index (χ4n) is 3.57. The average molecular weight is 484 g/mol. The van der Waals surface area contributed by atoms with Crippen molar-refractivity contribution in [1.82, 2.24) is 10.2 Å². The fourth-order valence-corrected chi connectivity index (χ4v) is 4.41. The van der Waals surface area contributed by atoms with E-state index >= 15 is 0 Å². The van der Waals surface area contributed by atoms with Gasteiger partial charge in [-0.3, -0.25) is 14.5 Å². The largest absolute Gasteiger partial charge is 0.507 e. The van der Waals surface area contributed by atoms with Crippen LogP contribution in [-0.2, 0) is 9.59 Å². The second-order valence-corrected chi connectivity index (χ2v) is 9.15. The topological polar surface area (TPSA) is 92.6 Å². The molecule has 0 aliphatic carbocycles. The Bertz CT molecular complexity index is 1210. The summed E-state index contributed by atoms with van der Waals surface area (Å²) in [4.78, 5) is 27.4. The van der Waals surface area contributed by atoms with Crippen molar-refractivity contribution in [2.75, 3.05) is 11.5 Å². The number of Topliss-reactive ketones (excluding diaryl/α,β-unsaturated/α-hetero) is 1. The molecule has 1 saturated heterocycles. The molecule has 2 aromatic carbocycles. The van der Waals surface area contributed by atoms with Crippen molar-refractivity contribution in [2.45, 2.75) is 32.7 Å². The van der Waals surface area contributed by atoms with Gasteiger partial charge in [0.05, 0.1) is 18.2 Å². The van der Waals surface area contributed by atoms with Crippen LogP contribution in [0.1, 0.15) is 41.9 Å². The molecule has 7 nitrogen and oxygen atoms in total. The van der Waals surface area contributed by atoms with E-state index in [1.165, 1.54) is 16.2 Å². The Kier molecular flexibility index (Phi) is 6.76. The molecule has 1 N–H and O–H groups in total. The lowest BCUT2D eigenvalue weighted by atomic mass is 9.95. The SMILES string of the molecule is CCCCOc1ccc(C(O)=C2C(=O)C(=O)N(c3nnc(C)s3)[C@@H]2c2ccc(Cl)cc2)cc1. The number of aryl methyl sites for hydroxylation is 1. The molecule has 1 atom stereocenters. The number of benzene rings is 2. The molecule has 0 spiro atoms. The van der Waals surface area contributed by atoms with E-state index < -0.39 is 17.7 Å². The summed E-state index contributed by atoms with van der Waals surface area (Å²) in [7, 11) is 0. The number of amides is 1. The minimum absolute atomic E-state index is 0.0187. The van der Waals surface area contributed by atoms with Gasteiger partial charge in [0.25, 0.3) is 5.78 Å². The lowest BCUT2D eigenvalue weighted by molar-refractivity contribution is -0.132. The van der Waals surface area contributed by atoms with Crippen LogP contribution in [0.3, 0.4) is 0 Å². The summed E-state index contributed by atoms with van der Waals surface area (Å²) in [6, 6.07) is 12.7. The first-order valence-corrected chi connectivity index (χ1v) is 11.7. The number of nitrogens with zero attached hydrogens (tertiary/aromatic N) is 3. The Morgan fingerprint density at radius 3 is 2.42 bits per heavy atom. The smallest absolute Gasteiger partial charge is 0.301 e. The van der Waals surface area contributed by atoms with Gasteiger partial charge in [-0.25, -0.2) is 0 Å². The summed E-state index contributed by atoms with van der Waals surface area (Å²) in [5.74, 6) is -1.16. The molecule has 0 radical (unpaired) electrons. The molecule has 4 rings (SSSR count). The van der Waals surface area contributed by atoms with E-state index in [2.05, 4.69) is 17.1 Å². The normalized spacial score (nSPS) is 17.5. The zero-order valence-corrected chi connectivity index (χ0v) is 19.7. The van der Waals surface area contributed by atoms with Crippen molar-refractivity contribution in [3.8, 4) is 5.75 Å². The molecule has 1 aliphatic rings. The number of rotatable bonds is 7. The van der Waals surface area contributed by atoms with Crippen LogP contribution in [0.25, 0.3) is 5.76 Å². The number of unbranched alkanes of at least 4 members (excludes halogenated alkanes) is 1. The van der Waals surface area contributed by atoms with Gasteiger partial charge in [0.1, 0.15) is 16.5 Å². The first-order valence-electron chi connectivity index (χ1n) is 10.5. The molecule has 1 fully saturated rings. The van der Waals surface area contributed by atoms with Crippen LogP contribution < -0.4 is 9.64 Å². The predicted octanol–water partition coefficient (Wildman–Crippen LogP) is 5.31. The van der Waals surface area contributed by atoms with Crippen LogP contribution in [0.4, 0.5) is 5.13 Å². The maximum absolute atomic E-state index is 13.1. The molecule has 0 unspecified atom stereocenters. The Labute approximate surface area is 200 Å². The van der Waals surface area contributed by atoms with Crippen LogP contribution in [0, 0.1) is 6.92 Å². The van der Waals surface area contributed by atoms with Gasteiger partial charge in [-0.1, -0.05) is 48.4 Å². The van der Waals surface area contributed by atoms with E-state index in [0.717, 1.165) is 12.8 Å². The van der Waals surface area contributed by atoms with E-state index in [1.54, 1.807) is 55.5 Å². The van der Waals surface area contributed by atoms with Crippen molar-refractivity contribution in [2.24, 2.45) is 0 Å². The molecule has 0 bridgehead atoms. The van der Waals surface area contributed by atoms with Crippen molar-refractivity contribution in [3.05, 3.63) is 75.3 Å². The molecular formula is C24H22ClN3O4S. The molecular weight excluding hydrogens is 462 g/mol. The molecule has 1 amide bonds. The highest BCUT2D eigenvalue weighted by Crippen LogP contribution is 2.43. The monoisotopic (exact) mass is 483 g/mol.